The van der Waals surface area contributed by atoms with Gasteiger partial charge in [-0.2, -0.15) is 0 Å². The fourth-order valence-corrected chi connectivity index (χ4v) is 2.27. The Morgan fingerprint density at radius 3 is 2.25 bits per heavy atom. The van der Waals surface area contributed by atoms with Gasteiger partial charge in [-0.3, -0.25) is 4.79 Å². The molecule has 1 saturated carbocycles. The van der Waals surface area contributed by atoms with Crippen LogP contribution in [0.25, 0.3) is 0 Å². The predicted octanol–water partition coefficient (Wildman–Crippen LogP) is 2.09. The standard InChI is InChI=1S/C13H25NO2/c1-10(2)12(9-15)14-13(16)11-7-5-3-4-6-8-11/h10-12,15H,3-9H2,1-2H3,(H,14,16)/t12-/m1/s1. The van der Waals surface area contributed by atoms with Gasteiger partial charge < -0.3 is 10.4 Å². The van der Waals surface area contributed by atoms with Crippen molar-refractivity contribution < 1.29 is 9.90 Å². The van der Waals surface area contributed by atoms with Crippen molar-refractivity contribution in [3.8, 4) is 0 Å². The maximum absolute atomic E-state index is 12.0. The average molecular weight is 227 g/mol. The van der Waals surface area contributed by atoms with Crippen LogP contribution in [-0.2, 0) is 4.79 Å². The summed E-state index contributed by atoms with van der Waals surface area (Å²) in [6, 6.07) is -0.0873. The fourth-order valence-electron chi connectivity index (χ4n) is 2.27. The van der Waals surface area contributed by atoms with Crippen LogP contribution in [0.3, 0.4) is 0 Å². The molecule has 0 saturated heterocycles. The van der Waals surface area contributed by atoms with Crippen LogP contribution in [0.5, 0.6) is 0 Å². The molecule has 0 aliphatic heterocycles. The van der Waals surface area contributed by atoms with Gasteiger partial charge in [0.25, 0.3) is 0 Å². The molecule has 1 aliphatic carbocycles. The van der Waals surface area contributed by atoms with Crippen LogP contribution in [0.1, 0.15) is 52.4 Å². The monoisotopic (exact) mass is 227 g/mol. The van der Waals surface area contributed by atoms with Crippen molar-refractivity contribution in [2.75, 3.05) is 6.61 Å². The molecule has 0 spiro atoms. The number of rotatable bonds is 4. The number of aliphatic hydroxyl groups is 1. The molecule has 1 amide bonds. The molecule has 94 valence electrons. The Balaban J connectivity index is 2.42. The number of aliphatic hydroxyl groups excluding tert-OH is 1. The molecular weight excluding hydrogens is 202 g/mol. The third-order valence-electron chi connectivity index (χ3n) is 3.56. The lowest BCUT2D eigenvalue weighted by molar-refractivity contribution is -0.126. The summed E-state index contributed by atoms with van der Waals surface area (Å²) in [5, 5.41) is 12.2. The zero-order valence-electron chi connectivity index (χ0n) is 10.5. The molecule has 1 fully saturated rings. The summed E-state index contributed by atoms with van der Waals surface area (Å²) in [6.07, 6.45) is 6.89. The molecule has 2 N–H and O–H groups in total. The first-order valence-electron chi connectivity index (χ1n) is 6.56. The van der Waals surface area contributed by atoms with Crippen LogP contribution in [-0.4, -0.2) is 23.7 Å². The predicted molar refractivity (Wildman–Crippen MR) is 65.0 cm³/mol. The summed E-state index contributed by atoms with van der Waals surface area (Å²) in [5.74, 6) is 0.615. The van der Waals surface area contributed by atoms with Gasteiger partial charge in [-0.15, -0.1) is 0 Å². The van der Waals surface area contributed by atoms with Gasteiger partial charge in [0.15, 0.2) is 0 Å². The normalized spacial score (nSPS) is 20.5. The molecule has 1 atom stereocenters. The molecule has 3 heteroatoms. The van der Waals surface area contributed by atoms with Crippen LogP contribution in [0.2, 0.25) is 0 Å². The Labute approximate surface area is 98.6 Å². The molecule has 0 radical (unpaired) electrons. The first kappa shape index (κ1) is 13.5. The number of carbonyl (C=O) groups is 1. The SMILES string of the molecule is CC(C)[C@@H](CO)NC(=O)C1CCCCCC1. The minimum atomic E-state index is -0.0873. The lowest BCUT2D eigenvalue weighted by Gasteiger charge is -2.23. The molecule has 1 rings (SSSR count). The molecule has 0 heterocycles. The van der Waals surface area contributed by atoms with Crippen LogP contribution >= 0.6 is 0 Å². The van der Waals surface area contributed by atoms with E-state index in [2.05, 4.69) is 5.32 Å². The molecule has 0 bridgehead atoms. The van der Waals surface area contributed by atoms with E-state index < -0.39 is 0 Å². The van der Waals surface area contributed by atoms with Crippen LogP contribution in [0.4, 0.5) is 0 Å². The second kappa shape index (κ2) is 6.89. The van der Waals surface area contributed by atoms with Crippen molar-refractivity contribution in [1.29, 1.82) is 0 Å². The second-order valence-corrected chi connectivity index (χ2v) is 5.23. The first-order valence-corrected chi connectivity index (χ1v) is 6.56. The highest BCUT2D eigenvalue weighted by Gasteiger charge is 2.23. The summed E-state index contributed by atoms with van der Waals surface area (Å²) in [5.41, 5.74) is 0. The van der Waals surface area contributed by atoms with E-state index in [4.69, 9.17) is 0 Å². The van der Waals surface area contributed by atoms with E-state index in [1.807, 2.05) is 13.8 Å². The average Bonchev–Trinajstić information content (AvgIpc) is 2.53. The Hall–Kier alpha value is -0.570. The minimum absolute atomic E-state index is 0.0378. The second-order valence-electron chi connectivity index (χ2n) is 5.23. The Morgan fingerprint density at radius 1 is 1.25 bits per heavy atom. The van der Waals surface area contributed by atoms with E-state index in [1.54, 1.807) is 0 Å². The third-order valence-corrected chi connectivity index (χ3v) is 3.56. The quantitative estimate of drug-likeness (QED) is 0.722. The Kier molecular flexibility index (Phi) is 5.81. The van der Waals surface area contributed by atoms with Crippen LogP contribution < -0.4 is 5.32 Å². The smallest absolute Gasteiger partial charge is 0.223 e. The van der Waals surface area contributed by atoms with Gasteiger partial charge in [0.05, 0.1) is 12.6 Å². The fraction of sp³-hybridized carbons (Fsp3) is 0.923. The number of hydrogen-bond donors (Lipinski definition) is 2. The zero-order chi connectivity index (χ0) is 12.0. The van der Waals surface area contributed by atoms with Crippen molar-refractivity contribution in [3.05, 3.63) is 0 Å². The Morgan fingerprint density at radius 2 is 1.81 bits per heavy atom. The van der Waals surface area contributed by atoms with Crippen molar-refractivity contribution in [3.63, 3.8) is 0 Å². The largest absolute Gasteiger partial charge is 0.394 e. The topological polar surface area (TPSA) is 49.3 Å². The first-order chi connectivity index (χ1) is 7.65. The van der Waals surface area contributed by atoms with Crippen LogP contribution in [0, 0.1) is 11.8 Å². The summed E-state index contributed by atoms with van der Waals surface area (Å²) in [6.45, 7) is 4.08. The lowest BCUT2D eigenvalue weighted by Crippen LogP contribution is -2.43. The van der Waals surface area contributed by atoms with Crippen molar-refractivity contribution in [2.24, 2.45) is 11.8 Å². The maximum atomic E-state index is 12.0. The van der Waals surface area contributed by atoms with E-state index >= 15 is 0 Å². The number of nitrogens with one attached hydrogen (secondary N) is 1. The molecule has 16 heavy (non-hydrogen) atoms. The van der Waals surface area contributed by atoms with Crippen molar-refractivity contribution in [1.82, 2.24) is 5.32 Å². The summed E-state index contributed by atoms with van der Waals surface area (Å²) < 4.78 is 0. The van der Waals surface area contributed by atoms with E-state index in [1.165, 1.54) is 25.7 Å². The van der Waals surface area contributed by atoms with Gasteiger partial charge in [0.2, 0.25) is 5.91 Å². The summed E-state index contributed by atoms with van der Waals surface area (Å²) >= 11 is 0. The van der Waals surface area contributed by atoms with Crippen molar-refractivity contribution in [2.45, 2.75) is 58.4 Å². The lowest BCUT2D eigenvalue weighted by atomic mass is 9.97. The zero-order valence-corrected chi connectivity index (χ0v) is 10.5. The molecule has 0 aromatic heterocycles. The maximum Gasteiger partial charge on any atom is 0.223 e. The number of amides is 1. The molecular formula is C13H25NO2. The van der Waals surface area contributed by atoms with Gasteiger partial charge in [-0.1, -0.05) is 39.5 Å². The van der Waals surface area contributed by atoms with Crippen LogP contribution in [0.15, 0.2) is 0 Å². The van der Waals surface area contributed by atoms with E-state index in [0.717, 1.165) is 12.8 Å². The highest BCUT2D eigenvalue weighted by atomic mass is 16.3. The molecule has 0 aromatic rings. The number of hydrogen-bond acceptors (Lipinski definition) is 2. The minimum Gasteiger partial charge on any atom is -0.394 e. The molecule has 3 nitrogen and oxygen atoms in total. The Bertz CT molecular complexity index is 208. The van der Waals surface area contributed by atoms with Gasteiger partial charge in [-0.05, 0) is 18.8 Å². The highest BCUT2D eigenvalue weighted by Crippen LogP contribution is 2.23. The molecule has 0 aromatic carbocycles. The van der Waals surface area contributed by atoms with Gasteiger partial charge >= 0.3 is 0 Å². The molecule has 0 unspecified atom stereocenters. The van der Waals surface area contributed by atoms with E-state index in [-0.39, 0.29) is 24.5 Å². The van der Waals surface area contributed by atoms with Gasteiger partial charge in [-0.25, -0.2) is 0 Å². The van der Waals surface area contributed by atoms with E-state index in [9.17, 15) is 9.90 Å². The highest BCUT2D eigenvalue weighted by molar-refractivity contribution is 5.78. The summed E-state index contributed by atoms with van der Waals surface area (Å²) in [7, 11) is 0. The van der Waals surface area contributed by atoms with Crippen molar-refractivity contribution >= 4 is 5.91 Å². The van der Waals surface area contributed by atoms with Gasteiger partial charge in [0.1, 0.15) is 0 Å². The number of carbonyl (C=O) groups excluding carboxylic acids is 1. The summed E-state index contributed by atoms with van der Waals surface area (Å²) in [4.78, 5) is 12.0. The van der Waals surface area contributed by atoms with E-state index in [0.29, 0.717) is 5.92 Å². The molecule has 1 aliphatic rings. The van der Waals surface area contributed by atoms with Gasteiger partial charge in [0, 0.05) is 5.92 Å². The third kappa shape index (κ3) is 4.12.